The Morgan fingerprint density at radius 1 is 1.18 bits per heavy atom. The smallest absolute Gasteiger partial charge is 0.126 e. The number of hydrogen-bond acceptors (Lipinski definition) is 1. The summed E-state index contributed by atoms with van der Waals surface area (Å²) in [6, 6.07) is 7.16. The SMILES string of the molecule is Cc1cc(C(Br)c2ccc(F)c(C)c2)c(C)o1. The Morgan fingerprint density at radius 3 is 2.41 bits per heavy atom. The van der Waals surface area contributed by atoms with Crippen LogP contribution < -0.4 is 0 Å². The maximum absolute atomic E-state index is 13.2. The molecule has 0 N–H and O–H groups in total. The van der Waals surface area contributed by atoms with Crippen molar-refractivity contribution in [3.63, 3.8) is 0 Å². The van der Waals surface area contributed by atoms with Crippen molar-refractivity contribution in [2.75, 3.05) is 0 Å². The number of alkyl halides is 1. The summed E-state index contributed by atoms with van der Waals surface area (Å²) in [6.07, 6.45) is 0. The molecule has 0 aliphatic carbocycles. The first-order valence-corrected chi connectivity index (χ1v) is 6.37. The molecular weight excluding hydrogens is 283 g/mol. The molecule has 2 aromatic rings. The van der Waals surface area contributed by atoms with Crippen molar-refractivity contribution in [3.05, 3.63) is 58.3 Å². The molecule has 1 aromatic heterocycles. The van der Waals surface area contributed by atoms with Crippen molar-refractivity contribution in [2.45, 2.75) is 25.6 Å². The fourth-order valence-electron chi connectivity index (χ4n) is 1.91. The van der Waals surface area contributed by atoms with Crippen LogP contribution in [0.15, 0.2) is 28.7 Å². The van der Waals surface area contributed by atoms with Crippen LogP contribution in [0.4, 0.5) is 4.39 Å². The summed E-state index contributed by atoms with van der Waals surface area (Å²) in [5.41, 5.74) is 2.78. The number of hydrogen-bond donors (Lipinski definition) is 0. The van der Waals surface area contributed by atoms with Gasteiger partial charge in [-0.2, -0.15) is 0 Å². The zero-order valence-corrected chi connectivity index (χ0v) is 11.6. The summed E-state index contributed by atoms with van der Waals surface area (Å²) in [5.74, 6) is 1.61. The maximum Gasteiger partial charge on any atom is 0.126 e. The van der Waals surface area contributed by atoms with Gasteiger partial charge in [-0.3, -0.25) is 0 Å². The van der Waals surface area contributed by atoms with E-state index in [0.29, 0.717) is 5.56 Å². The standard InChI is InChI=1S/C14H14BrFO/c1-8-6-11(4-5-13(8)16)14(15)12-7-9(2)17-10(12)3/h4-7,14H,1-3H3. The van der Waals surface area contributed by atoms with Gasteiger partial charge >= 0.3 is 0 Å². The Bertz CT molecular complexity index is 545. The van der Waals surface area contributed by atoms with Crippen molar-refractivity contribution >= 4 is 15.9 Å². The van der Waals surface area contributed by atoms with Crippen LogP contribution >= 0.6 is 15.9 Å². The summed E-state index contributed by atoms with van der Waals surface area (Å²) in [7, 11) is 0. The molecule has 0 spiro atoms. The van der Waals surface area contributed by atoms with E-state index in [1.807, 2.05) is 26.0 Å². The van der Waals surface area contributed by atoms with Gasteiger partial charge in [0, 0.05) is 5.56 Å². The molecule has 1 nitrogen and oxygen atoms in total. The average molecular weight is 297 g/mol. The average Bonchev–Trinajstić information content (AvgIpc) is 2.61. The summed E-state index contributed by atoms with van der Waals surface area (Å²) < 4.78 is 18.7. The fourth-order valence-corrected chi connectivity index (χ4v) is 2.65. The Hall–Kier alpha value is -1.09. The Balaban J connectivity index is 2.40. The van der Waals surface area contributed by atoms with E-state index in [2.05, 4.69) is 15.9 Å². The molecule has 0 amide bonds. The molecule has 0 saturated carbocycles. The zero-order valence-electron chi connectivity index (χ0n) is 10.1. The lowest BCUT2D eigenvalue weighted by molar-refractivity contribution is 0.502. The highest BCUT2D eigenvalue weighted by Crippen LogP contribution is 2.34. The Labute approximate surface area is 109 Å². The Morgan fingerprint density at radius 2 is 1.88 bits per heavy atom. The van der Waals surface area contributed by atoms with Crippen LogP contribution in [0.2, 0.25) is 0 Å². The highest BCUT2D eigenvalue weighted by atomic mass is 79.9. The van der Waals surface area contributed by atoms with E-state index in [1.165, 1.54) is 6.07 Å². The maximum atomic E-state index is 13.2. The number of benzene rings is 1. The molecule has 0 bridgehead atoms. The van der Waals surface area contributed by atoms with E-state index < -0.39 is 0 Å². The van der Waals surface area contributed by atoms with Crippen LogP contribution in [0, 0.1) is 26.6 Å². The van der Waals surface area contributed by atoms with Crippen molar-refractivity contribution < 1.29 is 8.81 Å². The van der Waals surface area contributed by atoms with Gasteiger partial charge in [0.1, 0.15) is 17.3 Å². The highest BCUT2D eigenvalue weighted by molar-refractivity contribution is 9.09. The van der Waals surface area contributed by atoms with Gasteiger partial charge in [-0.1, -0.05) is 28.1 Å². The van der Waals surface area contributed by atoms with Crippen LogP contribution in [0.5, 0.6) is 0 Å². The largest absolute Gasteiger partial charge is 0.466 e. The van der Waals surface area contributed by atoms with E-state index in [4.69, 9.17) is 4.42 Å². The fraction of sp³-hybridized carbons (Fsp3) is 0.286. The second-order valence-electron chi connectivity index (χ2n) is 4.24. The third-order valence-corrected chi connectivity index (χ3v) is 3.85. The van der Waals surface area contributed by atoms with Crippen molar-refractivity contribution in [3.8, 4) is 0 Å². The second kappa shape index (κ2) is 4.65. The lowest BCUT2D eigenvalue weighted by atomic mass is 10.0. The van der Waals surface area contributed by atoms with Crippen LogP contribution in [0.1, 0.15) is 33.0 Å². The predicted octanol–water partition coefficient (Wildman–Crippen LogP) is 4.83. The van der Waals surface area contributed by atoms with E-state index in [1.54, 1.807) is 13.0 Å². The van der Waals surface area contributed by atoms with Gasteiger partial charge in [-0.15, -0.1) is 0 Å². The normalized spacial score (nSPS) is 12.8. The molecule has 0 aliphatic rings. The summed E-state index contributed by atoms with van der Waals surface area (Å²) >= 11 is 3.63. The molecule has 1 heterocycles. The first kappa shape index (κ1) is 12.4. The predicted molar refractivity (Wildman–Crippen MR) is 70.1 cm³/mol. The van der Waals surface area contributed by atoms with Crippen molar-refractivity contribution in [2.24, 2.45) is 0 Å². The van der Waals surface area contributed by atoms with Crippen LogP contribution in [0.25, 0.3) is 0 Å². The minimum Gasteiger partial charge on any atom is -0.466 e. The lowest BCUT2D eigenvalue weighted by Crippen LogP contribution is -1.94. The molecule has 1 unspecified atom stereocenters. The molecule has 0 aliphatic heterocycles. The molecule has 90 valence electrons. The van der Waals surface area contributed by atoms with Crippen molar-refractivity contribution in [1.29, 1.82) is 0 Å². The van der Waals surface area contributed by atoms with Gasteiger partial charge < -0.3 is 4.42 Å². The highest BCUT2D eigenvalue weighted by Gasteiger charge is 2.16. The first-order chi connectivity index (χ1) is 7.99. The summed E-state index contributed by atoms with van der Waals surface area (Å²) in [5, 5.41) is 0. The van der Waals surface area contributed by atoms with E-state index in [-0.39, 0.29) is 10.6 Å². The molecule has 0 saturated heterocycles. The first-order valence-electron chi connectivity index (χ1n) is 5.46. The van der Waals surface area contributed by atoms with Crippen LogP contribution in [-0.2, 0) is 0 Å². The molecular formula is C14H14BrFO. The van der Waals surface area contributed by atoms with Gasteiger partial charge in [0.05, 0.1) is 4.83 Å². The third-order valence-electron chi connectivity index (χ3n) is 2.83. The van der Waals surface area contributed by atoms with Gasteiger partial charge in [0.25, 0.3) is 0 Å². The molecule has 0 fully saturated rings. The van der Waals surface area contributed by atoms with E-state index in [0.717, 1.165) is 22.6 Å². The van der Waals surface area contributed by atoms with E-state index >= 15 is 0 Å². The molecule has 1 atom stereocenters. The third kappa shape index (κ3) is 2.44. The molecule has 2 rings (SSSR count). The van der Waals surface area contributed by atoms with E-state index in [9.17, 15) is 4.39 Å². The molecule has 1 aromatic carbocycles. The quantitative estimate of drug-likeness (QED) is 0.724. The van der Waals surface area contributed by atoms with Gasteiger partial charge in [-0.05, 0) is 44.0 Å². The lowest BCUT2D eigenvalue weighted by Gasteiger charge is -2.10. The van der Waals surface area contributed by atoms with Gasteiger partial charge in [0.2, 0.25) is 0 Å². The van der Waals surface area contributed by atoms with Crippen LogP contribution in [0.3, 0.4) is 0 Å². The van der Waals surface area contributed by atoms with Gasteiger partial charge in [0.15, 0.2) is 0 Å². The minimum atomic E-state index is -0.173. The number of aryl methyl sites for hydroxylation is 3. The molecule has 3 heteroatoms. The minimum absolute atomic E-state index is 0.0410. The topological polar surface area (TPSA) is 13.1 Å². The van der Waals surface area contributed by atoms with Crippen molar-refractivity contribution in [1.82, 2.24) is 0 Å². The van der Waals surface area contributed by atoms with Gasteiger partial charge in [-0.25, -0.2) is 4.39 Å². The van der Waals surface area contributed by atoms with Crippen LogP contribution in [-0.4, -0.2) is 0 Å². The monoisotopic (exact) mass is 296 g/mol. The second-order valence-corrected chi connectivity index (χ2v) is 5.16. The number of halogens is 2. The summed E-state index contributed by atoms with van der Waals surface area (Å²) in [6.45, 7) is 5.63. The number of furan rings is 1. The number of rotatable bonds is 2. The zero-order chi connectivity index (χ0) is 12.6. The molecule has 17 heavy (non-hydrogen) atoms. The summed E-state index contributed by atoms with van der Waals surface area (Å²) in [4.78, 5) is 0.0410. The molecule has 0 radical (unpaired) electrons. The Kier molecular flexibility index (Phi) is 3.38.